The van der Waals surface area contributed by atoms with Crippen LogP contribution in [0.1, 0.15) is 11.1 Å². The maximum Gasteiger partial charge on any atom is 0.407 e. The normalized spacial score (nSPS) is 14.3. The zero-order valence-electron chi connectivity index (χ0n) is 14.8. The summed E-state index contributed by atoms with van der Waals surface area (Å²) in [5.74, 6) is -0.429. The van der Waals surface area contributed by atoms with Crippen LogP contribution in [-0.4, -0.2) is 42.3 Å². The van der Waals surface area contributed by atoms with E-state index in [1.165, 1.54) is 11.0 Å². The fourth-order valence-electron chi connectivity index (χ4n) is 3.27. The molecule has 2 aromatic rings. The molecule has 144 valence electrons. The predicted molar refractivity (Wildman–Crippen MR) is 105 cm³/mol. The zero-order chi connectivity index (χ0) is 19.4. The number of carboxylic acid groups (broad SMARTS) is 1. The summed E-state index contributed by atoms with van der Waals surface area (Å²) in [5, 5.41) is 12.4. The van der Waals surface area contributed by atoms with Gasteiger partial charge in [0, 0.05) is 61.8 Å². The van der Waals surface area contributed by atoms with Crippen molar-refractivity contribution in [1.82, 2.24) is 4.90 Å². The van der Waals surface area contributed by atoms with Crippen LogP contribution >= 0.6 is 11.6 Å². The van der Waals surface area contributed by atoms with Gasteiger partial charge in [0.15, 0.2) is 0 Å². The van der Waals surface area contributed by atoms with Gasteiger partial charge < -0.3 is 26.0 Å². The van der Waals surface area contributed by atoms with Crippen LogP contribution in [0.4, 0.5) is 20.6 Å². The van der Waals surface area contributed by atoms with Crippen molar-refractivity contribution in [2.75, 3.05) is 36.4 Å². The van der Waals surface area contributed by atoms with Crippen LogP contribution in [0.15, 0.2) is 36.4 Å². The Morgan fingerprint density at radius 2 is 1.89 bits per heavy atom. The molecule has 6 nitrogen and oxygen atoms in total. The van der Waals surface area contributed by atoms with Crippen LogP contribution in [-0.2, 0) is 13.1 Å². The average molecular weight is 393 g/mol. The van der Waals surface area contributed by atoms with Crippen molar-refractivity contribution in [3.05, 3.63) is 58.4 Å². The Balaban J connectivity index is 1.76. The number of halogens is 2. The molecule has 0 unspecified atom stereocenters. The third-order valence-electron chi connectivity index (χ3n) is 4.75. The quantitative estimate of drug-likeness (QED) is 0.727. The molecule has 8 heteroatoms. The van der Waals surface area contributed by atoms with Gasteiger partial charge in [-0.25, -0.2) is 9.18 Å². The minimum atomic E-state index is -0.896. The lowest BCUT2D eigenvalue weighted by molar-refractivity contribution is 0.142. The molecule has 0 aliphatic carbocycles. The second kappa shape index (κ2) is 8.45. The summed E-state index contributed by atoms with van der Waals surface area (Å²) in [6.07, 6.45) is -0.896. The Morgan fingerprint density at radius 3 is 2.56 bits per heavy atom. The molecule has 0 saturated carbocycles. The monoisotopic (exact) mass is 392 g/mol. The molecule has 1 fully saturated rings. The average Bonchev–Trinajstić information content (AvgIpc) is 2.68. The Kier molecular flexibility index (Phi) is 6.03. The Labute approximate surface area is 162 Å². The molecule has 0 atom stereocenters. The predicted octanol–water partition coefficient (Wildman–Crippen LogP) is 3.35. The van der Waals surface area contributed by atoms with Gasteiger partial charge in [-0.05, 0) is 18.2 Å². The third-order valence-corrected chi connectivity index (χ3v) is 5.04. The first kappa shape index (κ1) is 19.3. The fourth-order valence-corrected chi connectivity index (χ4v) is 3.46. The van der Waals surface area contributed by atoms with Gasteiger partial charge in [-0.3, -0.25) is 0 Å². The zero-order valence-corrected chi connectivity index (χ0v) is 15.5. The molecule has 1 heterocycles. The second-order valence-corrected chi connectivity index (χ2v) is 6.74. The van der Waals surface area contributed by atoms with Crippen molar-refractivity contribution in [1.29, 1.82) is 0 Å². The lowest BCUT2D eigenvalue weighted by atomic mass is 10.1. The number of hydrogen-bond acceptors (Lipinski definition) is 4. The van der Waals surface area contributed by atoms with E-state index in [4.69, 9.17) is 22.4 Å². The summed E-state index contributed by atoms with van der Waals surface area (Å²) >= 11 is 5.84. The smallest absolute Gasteiger partial charge is 0.407 e. The highest BCUT2D eigenvalue weighted by Gasteiger charge is 2.22. The molecule has 0 bridgehead atoms. The molecule has 1 saturated heterocycles. The summed E-state index contributed by atoms with van der Waals surface area (Å²) in [5.41, 5.74) is 9.19. The number of benzene rings is 2. The number of nitrogens with one attached hydrogen (secondary N) is 1. The van der Waals surface area contributed by atoms with E-state index < -0.39 is 11.9 Å². The number of nitrogens with two attached hydrogens (primary N) is 1. The molecule has 1 aliphatic rings. The molecule has 3 rings (SSSR count). The number of anilines is 2. The molecule has 0 aromatic heterocycles. The van der Waals surface area contributed by atoms with Crippen molar-refractivity contribution in [3.8, 4) is 0 Å². The maximum absolute atomic E-state index is 14.1. The largest absolute Gasteiger partial charge is 0.465 e. The summed E-state index contributed by atoms with van der Waals surface area (Å²) in [6, 6.07) is 10.7. The van der Waals surface area contributed by atoms with E-state index in [1.54, 1.807) is 12.1 Å². The summed E-state index contributed by atoms with van der Waals surface area (Å²) in [6.45, 7) is 2.71. The summed E-state index contributed by atoms with van der Waals surface area (Å²) in [4.78, 5) is 14.6. The second-order valence-electron chi connectivity index (χ2n) is 6.33. The Hall–Kier alpha value is -2.51. The van der Waals surface area contributed by atoms with Gasteiger partial charge in [-0.15, -0.1) is 0 Å². The molecule has 4 N–H and O–H groups in total. The third kappa shape index (κ3) is 4.26. The highest BCUT2D eigenvalue weighted by molar-refractivity contribution is 6.30. The standard InChI is InChI=1S/C19H22ClFN4O2/c20-15-4-1-3-13(18(15)21)12-23-16-5-2-6-17(14(16)11-22)24-7-9-25(10-8-24)19(26)27/h1-6,23H,7-12,22H2,(H,26,27). The minimum absolute atomic E-state index is 0.0957. The molecule has 1 aliphatic heterocycles. The minimum Gasteiger partial charge on any atom is -0.465 e. The van der Waals surface area contributed by atoms with Crippen LogP contribution < -0.4 is 16.0 Å². The summed E-state index contributed by atoms with van der Waals surface area (Å²) in [7, 11) is 0. The first-order chi connectivity index (χ1) is 13.0. The van der Waals surface area contributed by atoms with Crippen LogP contribution in [0.5, 0.6) is 0 Å². The lowest BCUT2D eigenvalue weighted by Crippen LogP contribution is -2.48. The maximum atomic E-state index is 14.1. The Bertz CT molecular complexity index is 825. The van der Waals surface area contributed by atoms with E-state index in [0.29, 0.717) is 38.3 Å². The van der Waals surface area contributed by atoms with Crippen LogP contribution in [0.3, 0.4) is 0 Å². The molecular weight excluding hydrogens is 371 g/mol. The van der Waals surface area contributed by atoms with E-state index in [-0.39, 0.29) is 11.6 Å². The highest BCUT2D eigenvalue weighted by Crippen LogP contribution is 2.29. The van der Waals surface area contributed by atoms with Crippen molar-refractivity contribution in [2.45, 2.75) is 13.1 Å². The van der Waals surface area contributed by atoms with Gasteiger partial charge in [0.1, 0.15) is 5.82 Å². The lowest BCUT2D eigenvalue weighted by Gasteiger charge is -2.36. The number of amides is 1. The SMILES string of the molecule is NCc1c(NCc2cccc(Cl)c2F)cccc1N1CCN(C(=O)O)CC1. The molecule has 2 aromatic carbocycles. The first-order valence-electron chi connectivity index (χ1n) is 8.72. The van der Waals surface area contributed by atoms with Crippen LogP contribution in [0, 0.1) is 5.82 Å². The van der Waals surface area contributed by atoms with Crippen molar-refractivity contribution in [2.24, 2.45) is 5.73 Å². The van der Waals surface area contributed by atoms with E-state index >= 15 is 0 Å². The molecule has 0 radical (unpaired) electrons. The van der Waals surface area contributed by atoms with E-state index in [1.807, 2.05) is 18.2 Å². The molecule has 27 heavy (non-hydrogen) atoms. The van der Waals surface area contributed by atoms with Crippen LogP contribution in [0.2, 0.25) is 5.02 Å². The number of rotatable bonds is 5. The van der Waals surface area contributed by atoms with Crippen LogP contribution in [0.25, 0.3) is 0 Å². The summed E-state index contributed by atoms with van der Waals surface area (Å²) < 4.78 is 14.1. The molecular formula is C19H22ClFN4O2. The van der Waals surface area contributed by atoms with Gasteiger partial charge in [0.25, 0.3) is 0 Å². The number of hydrogen-bond donors (Lipinski definition) is 3. The number of piperazine rings is 1. The van der Waals surface area contributed by atoms with E-state index in [2.05, 4.69) is 10.2 Å². The molecule has 1 amide bonds. The fraction of sp³-hybridized carbons (Fsp3) is 0.316. The van der Waals surface area contributed by atoms with Gasteiger partial charge in [-0.2, -0.15) is 0 Å². The topological polar surface area (TPSA) is 81.8 Å². The van der Waals surface area contributed by atoms with E-state index in [9.17, 15) is 9.18 Å². The molecule has 0 spiro atoms. The Morgan fingerprint density at radius 1 is 1.19 bits per heavy atom. The van der Waals surface area contributed by atoms with Crippen molar-refractivity contribution >= 4 is 29.1 Å². The van der Waals surface area contributed by atoms with Gasteiger partial charge in [0.05, 0.1) is 5.02 Å². The van der Waals surface area contributed by atoms with Gasteiger partial charge in [-0.1, -0.05) is 29.8 Å². The first-order valence-corrected chi connectivity index (χ1v) is 9.10. The van der Waals surface area contributed by atoms with Gasteiger partial charge in [0.2, 0.25) is 0 Å². The van der Waals surface area contributed by atoms with Gasteiger partial charge >= 0.3 is 6.09 Å². The number of nitrogens with zero attached hydrogens (tertiary/aromatic N) is 2. The van der Waals surface area contributed by atoms with E-state index in [0.717, 1.165) is 16.9 Å². The highest BCUT2D eigenvalue weighted by atomic mass is 35.5. The van der Waals surface area contributed by atoms with Crippen molar-refractivity contribution in [3.63, 3.8) is 0 Å². The number of carbonyl (C=O) groups is 1. The van der Waals surface area contributed by atoms with Crippen molar-refractivity contribution < 1.29 is 14.3 Å².